The summed E-state index contributed by atoms with van der Waals surface area (Å²) in [5, 5.41) is 5.39. The molecule has 1 aromatic rings. The van der Waals surface area contributed by atoms with Crippen LogP contribution in [0.5, 0.6) is 0 Å². The minimum absolute atomic E-state index is 0.0333. The van der Waals surface area contributed by atoms with Gasteiger partial charge in [-0.1, -0.05) is 0 Å². The molecule has 2 saturated heterocycles. The second kappa shape index (κ2) is 7.05. The third kappa shape index (κ3) is 3.25. The van der Waals surface area contributed by atoms with Gasteiger partial charge in [0, 0.05) is 17.1 Å². The average Bonchev–Trinajstić information content (AvgIpc) is 3.22. The predicted octanol–water partition coefficient (Wildman–Crippen LogP) is 0.928. The highest BCUT2D eigenvalue weighted by molar-refractivity contribution is 7.99. The molecule has 2 N–H and O–H groups in total. The second-order valence-corrected chi connectivity index (χ2v) is 8.01. The Morgan fingerprint density at radius 1 is 1.11 bits per heavy atom. The molecule has 7 nitrogen and oxygen atoms in total. The van der Waals surface area contributed by atoms with Crippen LogP contribution in [-0.4, -0.2) is 53.4 Å². The first-order chi connectivity index (χ1) is 13.0. The van der Waals surface area contributed by atoms with Crippen LogP contribution in [0, 0.1) is 11.7 Å². The predicted molar refractivity (Wildman–Crippen MR) is 94.8 cm³/mol. The molecule has 0 aromatic heterocycles. The summed E-state index contributed by atoms with van der Waals surface area (Å²) in [6, 6.07) is 1.44. The fourth-order valence-electron chi connectivity index (χ4n) is 3.65. The summed E-state index contributed by atoms with van der Waals surface area (Å²) in [5.41, 5.74) is 0.0761. The van der Waals surface area contributed by atoms with Gasteiger partial charge in [0.05, 0.1) is 11.1 Å². The molecule has 0 spiro atoms. The standard InChI is InChI=1S/C18H18FN3O4S/c19-12-5-10-11(6-14(12)27-8-9-3-4-20-7-9)18(26)22(17(10)25)13-1-2-15(23)21-16(13)24/h5-6,9,13,20H,1-4,7-8H2,(H,21,23,24). The van der Waals surface area contributed by atoms with Crippen LogP contribution >= 0.6 is 11.8 Å². The maximum Gasteiger partial charge on any atom is 0.262 e. The molecular formula is C18H18FN3O4S. The average molecular weight is 391 g/mol. The van der Waals surface area contributed by atoms with Crippen LogP contribution in [0.2, 0.25) is 0 Å². The Balaban J connectivity index is 1.57. The van der Waals surface area contributed by atoms with E-state index in [0.29, 0.717) is 10.8 Å². The largest absolute Gasteiger partial charge is 0.316 e. The minimum Gasteiger partial charge on any atom is -0.316 e. The van der Waals surface area contributed by atoms with Crippen LogP contribution in [0.1, 0.15) is 40.0 Å². The molecule has 0 saturated carbocycles. The number of hydrogen-bond acceptors (Lipinski definition) is 6. The zero-order chi connectivity index (χ0) is 19.1. The number of fused-ring (bicyclic) bond motifs is 1. The van der Waals surface area contributed by atoms with Gasteiger partial charge in [0.2, 0.25) is 11.8 Å². The van der Waals surface area contributed by atoms with Gasteiger partial charge in [-0.25, -0.2) is 4.39 Å². The number of halogens is 1. The van der Waals surface area contributed by atoms with E-state index in [4.69, 9.17) is 0 Å². The van der Waals surface area contributed by atoms with Crippen molar-refractivity contribution in [1.82, 2.24) is 15.5 Å². The first kappa shape index (κ1) is 18.1. The van der Waals surface area contributed by atoms with E-state index >= 15 is 0 Å². The van der Waals surface area contributed by atoms with Gasteiger partial charge in [0.15, 0.2) is 0 Å². The van der Waals surface area contributed by atoms with E-state index in [1.165, 1.54) is 17.8 Å². The number of nitrogens with zero attached hydrogens (tertiary/aromatic N) is 1. The van der Waals surface area contributed by atoms with Gasteiger partial charge in [-0.2, -0.15) is 0 Å². The summed E-state index contributed by atoms with van der Waals surface area (Å²) < 4.78 is 14.5. The van der Waals surface area contributed by atoms with Crippen LogP contribution in [0.25, 0.3) is 0 Å². The third-order valence-corrected chi connectivity index (χ3v) is 6.39. The number of nitrogens with one attached hydrogen (secondary N) is 2. The number of carbonyl (C=O) groups is 4. The minimum atomic E-state index is -1.04. The fourth-order valence-corrected chi connectivity index (χ4v) is 4.74. The highest BCUT2D eigenvalue weighted by Crippen LogP contribution is 2.33. The summed E-state index contributed by atoms with van der Waals surface area (Å²) in [7, 11) is 0. The van der Waals surface area contributed by atoms with Gasteiger partial charge < -0.3 is 5.32 Å². The highest BCUT2D eigenvalue weighted by Gasteiger charge is 2.45. The summed E-state index contributed by atoms with van der Waals surface area (Å²) in [6.07, 6.45) is 1.16. The Kier molecular flexibility index (Phi) is 4.73. The first-order valence-corrected chi connectivity index (χ1v) is 9.83. The number of hydrogen-bond donors (Lipinski definition) is 2. The van der Waals surface area contributed by atoms with Crippen molar-refractivity contribution in [3.05, 3.63) is 29.1 Å². The van der Waals surface area contributed by atoms with Gasteiger partial charge in [0.1, 0.15) is 11.9 Å². The topological polar surface area (TPSA) is 95.6 Å². The molecule has 0 bridgehead atoms. The molecule has 142 valence electrons. The molecule has 27 heavy (non-hydrogen) atoms. The van der Waals surface area contributed by atoms with Crippen molar-refractivity contribution in [1.29, 1.82) is 0 Å². The smallest absolute Gasteiger partial charge is 0.262 e. The molecule has 2 atom stereocenters. The highest BCUT2D eigenvalue weighted by atomic mass is 32.2. The lowest BCUT2D eigenvalue weighted by atomic mass is 10.0. The van der Waals surface area contributed by atoms with Crippen LogP contribution in [0.3, 0.4) is 0 Å². The molecule has 1 aromatic carbocycles. The number of benzene rings is 1. The normalized spacial score (nSPS) is 25.1. The zero-order valence-electron chi connectivity index (χ0n) is 14.4. The van der Waals surface area contributed by atoms with Crippen LogP contribution in [0.4, 0.5) is 4.39 Å². The van der Waals surface area contributed by atoms with Gasteiger partial charge in [-0.3, -0.25) is 29.4 Å². The van der Waals surface area contributed by atoms with E-state index in [-0.39, 0.29) is 24.0 Å². The molecule has 2 unspecified atom stereocenters. The number of thioether (sulfide) groups is 1. The molecule has 4 amide bonds. The zero-order valence-corrected chi connectivity index (χ0v) is 15.2. The van der Waals surface area contributed by atoms with Gasteiger partial charge in [0.25, 0.3) is 11.8 Å². The van der Waals surface area contributed by atoms with Crippen molar-refractivity contribution < 1.29 is 23.6 Å². The Labute approximate surface area is 159 Å². The number of carbonyl (C=O) groups excluding carboxylic acids is 4. The Morgan fingerprint density at radius 2 is 1.85 bits per heavy atom. The molecule has 0 radical (unpaired) electrons. The van der Waals surface area contributed by atoms with Gasteiger partial charge in [-0.05, 0) is 44.0 Å². The molecule has 0 aliphatic carbocycles. The van der Waals surface area contributed by atoms with E-state index in [1.807, 2.05) is 0 Å². The van der Waals surface area contributed by atoms with E-state index in [0.717, 1.165) is 36.2 Å². The van der Waals surface area contributed by atoms with Crippen molar-refractivity contribution in [3.63, 3.8) is 0 Å². The molecule has 2 fully saturated rings. The second-order valence-electron chi connectivity index (χ2n) is 6.95. The van der Waals surface area contributed by atoms with Crippen LogP contribution in [0.15, 0.2) is 17.0 Å². The monoisotopic (exact) mass is 391 g/mol. The number of imide groups is 2. The van der Waals surface area contributed by atoms with E-state index < -0.39 is 35.5 Å². The first-order valence-electron chi connectivity index (χ1n) is 8.84. The van der Waals surface area contributed by atoms with Crippen molar-refractivity contribution in [2.24, 2.45) is 5.92 Å². The maximum atomic E-state index is 14.5. The van der Waals surface area contributed by atoms with E-state index in [2.05, 4.69) is 10.6 Å². The molecule has 4 rings (SSSR count). The summed E-state index contributed by atoms with van der Waals surface area (Å²) >= 11 is 1.33. The maximum absolute atomic E-state index is 14.5. The molecular weight excluding hydrogens is 373 g/mol. The fraction of sp³-hybridized carbons (Fsp3) is 0.444. The van der Waals surface area contributed by atoms with E-state index in [1.54, 1.807) is 0 Å². The summed E-state index contributed by atoms with van der Waals surface area (Å²) in [5.74, 6) is -1.80. The summed E-state index contributed by atoms with van der Waals surface area (Å²) in [4.78, 5) is 49.9. The molecule has 3 aliphatic rings. The number of rotatable bonds is 4. The van der Waals surface area contributed by atoms with Gasteiger partial charge >= 0.3 is 0 Å². The van der Waals surface area contributed by atoms with Crippen molar-refractivity contribution in [3.8, 4) is 0 Å². The lowest BCUT2D eigenvalue weighted by Gasteiger charge is -2.27. The van der Waals surface area contributed by atoms with Crippen molar-refractivity contribution in [2.45, 2.75) is 30.2 Å². The number of amides is 4. The SMILES string of the molecule is O=C1CCC(N2C(=O)c3cc(F)c(SCC4CCNC4)cc3C2=O)C(=O)N1. The Hall–Kier alpha value is -2.26. The molecule has 3 aliphatic heterocycles. The number of piperidine rings is 1. The van der Waals surface area contributed by atoms with Crippen LogP contribution < -0.4 is 10.6 Å². The van der Waals surface area contributed by atoms with Crippen molar-refractivity contribution >= 4 is 35.4 Å². The lowest BCUT2D eigenvalue weighted by molar-refractivity contribution is -0.136. The molecule has 9 heteroatoms. The third-order valence-electron chi connectivity index (χ3n) is 5.13. The van der Waals surface area contributed by atoms with Crippen LogP contribution in [-0.2, 0) is 9.59 Å². The van der Waals surface area contributed by atoms with E-state index in [9.17, 15) is 23.6 Å². The Bertz CT molecular complexity index is 853. The van der Waals surface area contributed by atoms with Gasteiger partial charge in [-0.15, -0.1) is 11.8 Å². The Morgan fingerprint density at radius 3 is 2.52 bits per heavy atom. The summed E-state index contributed by atoms with van der Waals surface area (Å²) in [6.45, 7) is 1.84. The quantitative estimate of drug-likeness (QED) is 0.586. The molecule has 3 heterocycles. The lowest BCUT2D eigenvalue weighted by Crippen LogP contribution is -2.54. The van der Waals surface area contributed by atoms with Crippen molar-refractivity contribution in [2.75, 3.05) is 18.8 Å².